The molecule has 0 radical (unpaired) electrons. The van der Waals surface area contributed by atoms with Gasteiger partial charge in [-0.3, -0.25) is 9.78 Å². The van der Waals surface area contributed by atoms with E-state index in [1.807, 2.05) is 0 Å². The molecule has 0 unspecified atom stereocenters. The number of aromatic nitrogens is 3. The molecular weight excluding hydrogens is 325 g/mol. The lowest BCUT2D eigenvalue weighted by Gasteiger charge is -2.09. The maximum Gasteiger partial charge on any atom is 0.405 e. The fourth-order valence-corrected chi connectivity index (χ4v) is 2.26. The van der Waals surface area contributed by atoms with Gasteiger partial charge in [0.05, 0.1) is 5.52 Å². The van der Waals surface area contributed by atoms with Crippen LogP contribution < -0.4 is 11.0 Å². The highest BCUT2D eigenvalue weighted by atomic mass is 19.4. The first-order valence-electron chi connectivity index (χ1n) is 6.86. The van der Waals surface area contributed by atoms with Crippen molar-refractivity contribution in [3.8, 4) is 11.1 Å². The van der Waals surface area contributed by atoms with Crippen molar-refractivity contribution in [3.63, 3.8) is 0 Å². The van der Waals surface area contributed by atoms with Crippen LogP contribution >= 0.6 is 0 Å². The summed E-state index contributed by atoms with van der Waals surface area (Å²) in [5.74, 6) is -0.811. The number of carbonyl (C=O) groups is 1. The van der Waals surface area contributed by atoms with Crippen molar-refractivity contribution < 1.29 is 18.0 Å². The molecule has 0 aliphatic carbocycles. The minimum atomic E-state index is -4.46. The number of hydrogen-bond acceptors (Lipinski definition) is 3. The largest absolute Gasteiger partial charge is 0.405 e. The van der Waals surface area contributed by atoms with Gasteiger partial charge < -0.3 is 10.3 Å². The third kappa shape index (κ3) is 3.29. The number of nitrogens with one attached hydrogen (secondary N) is 3. The molecule has 9 heteroatoms. The molecule has 0 atom stereocenters. The van der Waals surface area contributed by atoms with Crippen molar-refractivity contribution >= 4 is 17.1 Å². The van der Waals surface area contributed by atoms with E-state index in [-0.39, 0.29) is 5.56 Å². The zero-order valence-corrected chi connectivity index (χ0v) is 12.1. The molecule has 2 heterocycles. The Morgan fingerprint density at radius 2 is 1.83 bits per heavy atom. The van der Waals surface area contributed by atoms with E-state index in [9.17, 15) is 22.8 Å². The van der Waals surface area contributed by atoms with Crippen molar-refractivity contribution in [2.24, 2.45) is 0 Å². The number of carbonyl (C=O) groups excluding carboxylic acids is 1. The molecule has 1 amide bonds. The number of alkyl halides is 3. The molecule has 3 aromatic rings. The van der Waals surface area contributed by atoms with Crippen molar-refractivity contribution in [2.75, 3.05) is 6.54 Å². The van der Waals surface area contributed by atoms with Gasteiger partial charge in [0.2, 0.25) is 0 Å². The Morgan fingerprint density at radius 3 is 2.50 bits per heavy atom. The predicted octanol–water partition coefficient (Wildman–Crippen LogP) is 2.21. The van der Waals surface area contributed by atoms with Gasteiger partial charge in [-0.25, -0.2) is 9.78 Å². The Bertz CT molecular complexity index is 942. The van der Waals surface area contributed by atoms with Crippen LogP contribution in [0.1, 0.15) is 10.4 Å². The van der Waals surface area contributed by atoms with Crippen molar-refractivity contribution in [1.29, 1.82) is 0 Å². The second-order valence-corrected chi connectivity index (χ2v) is 5.04. The SMILES string of the molecule is O=C(NCC(F)(F)F)c1ccc(-c2ccnc3[nH]c(=O)[nH]c23)cc1. The molecule has 0 fully saturated rings. The van der Waals surface area contributed by atoms with Gasteiger partial charge in [-0.05, 0) is 23.8 Å². The number of amides is 1. The van der Waals surface area contributed by atoms with Gasteiger partial charge in [-0.2, -0.15) is 13.2 Å². The summed E-state index contributed by atoms with van der Waals surface area (Å²) in [7, 11) is 0. The molecule has 3 rings (SSSR count). The molecule has 3 N–H and O–H groups in total. The predicted molar refractivity (Wildman–Crippen MR) is 80.5 cm³/mol. The molecule has 0 bridgehead atoms. The van der Waals surface area contributed by atoms with Crippen molar-refractivity contribution in [1.82, 2.24) is 20.3 Å². The lowest BCUT2D eigenvalue weighted by molar-refractivity contribution is -0.123. The summed E-state index contributed by atoms with van der Waals surface area (Å²) >= 11 is 0. The van der Waals surface area contributed by atoms with E-state index in [2.05, 4.69) is 15.0 Å². The van der Waals surface area contributed by atoms with Crippen LogP contribution in [0.15, 0.2) is 41.3 Å². The third-order valence-electron chi connectivity index (χ3n) is 3.33. The molecule has 0 saturated heterocycles. The summed E-state index contributed by atoms with van der Waals surface area (Å²) in [6.45, 7) is -1.39. The summed E-state index contributed by atoms with van der Waals surface area (Å²) in [4.78, 5) is 32.2. The van der Waals surface area contributed by atoms with Crippen LogP contribution in [-0.2, 0) is 0 Å². The number of hydrogen-bond donors (Lipinski definition) is 3. The molecule has 24 heavy (non-hydrogen) atoms. The van der Waals surface area contributed by atoms with E-state index >= 15 is 0 Å². The molecule has 0 spiro atoms. The molecule has 124 valence electrons. The van der Waals surface area contributed by atoms with Gasteiger partial charge in [-0.15, -0.1) is 0 Å². The number of fused-ring (bicyclic) bond motifs is 1. The normalized spacial score (nSPS) is 11.6. The first-order valence-corrected chi connectivity index (χ1v) is 6.86. The van der Waals surface area contributed by atoms with E-state index in [0.717, 1.165) is 0 Å². The van der Waals surface area contributed by atoms with E-state index in [1.54, 1.807) is 23.5 Å². The number of imidazole rings is 1. The summed E-state index contributed by atoms with van der Waals surface area (Å²) in [6, 6.07) is 7.69. The monoisotopic (exact) mass is 336 g/mol. The van der Waals surface area contributed by atoms with Gasteiger partial charge in [0.15, 0.2) is 5.65 Å². The topological polar surface area (TPSA) is 90.6 Å². The Hall–Kier alpha value is -3.10. The standard InChI is InChI=1S/C15H11F3N4O2/c16-15(17,18)7-20-13(23)9-3-1-8(2-4-9)10-5-6-19-12-11(10)21-14(24)22-12/h1-6H,7H2,(H,20,23)(H2,19,21,22,24). The third-order valence-corrected chi connectivity index (χ3v) is 3.33. The van der Waals surface area contributed by atoms with E-state index in [1.165, 1.54) is 18.3 Å². The van der Waals surface area contributed by atoms with Gasteiger partial charge in [0.1, 0.15) is 6.54 Å². The molecule has 0 saturated carbocycles. The smallest absolute Gasteiger partial charge is 0.343 e. The highest BCUT2D eigenvalue weighted by Crippen LogP contribution is 2.25. The van der Waals surface area contributed by atoms with Gasteiger partial charge in [0, 0.05) is 17.3 Å². The van der Waals surface area contributed by atoms with Crippen LogP contribution in [0.2, 0.25) is 0 Å². The highest BCUT2D eigenvalue weighted by molar-refractivity contribution is 5.95. The van der Waals surface area contributed by atoms with Crippen LogP contribution in [0.3, 0.4) is 0 Å². The number of benzene rings is 1. The highest BCUT2D eigenvalue weighted by Gasteiger charge is 2.27. The Labute approximate surface area is 132 Å². The zero-order valence-electron chi connectivity index (χ0n) is 12.1. The maximum absolute atomic E-state index is 12.1. The van der Waals surface area contributed by atoms with Gasteiger partial charge in [0.25, 0.3) is 5.91 Å². The summed E-state index contributed by atoms with van der Waals surface area (Å²) < 4.78 is 36.3. The molecule has 1 aromatic carbocycles. The minimum Gasteiger partial charge on any atom is -0.343 e. The van der Waals surface area contributed by atoms with Crippen molar-refractivity contribution in [3.05, 3.63) is 52.6 Å². The number of aromatic amines is 2. The van der Waals surface area contributed by atoms with Crippen molar-refractivity contribution in [2.45, 2.75) is 6.18 Å². The summed E-state index contributed by atoms with van der Waals surface area (Å²) in [6.07, 6.45) is -2.94. The van der Waals surface area contributed by atoms with E-state index in [4.69, 9.17) is 0 Å². The first kappa shape index (κ1) is 15.8. The number of H-pyrrole nitrogens is 2. The van der Waals surface area contributed by atoms with Crippen LogP contribution in [0.4, 0.5) is 13.2 Å². The number of pyridine rings is 1. The second kappa shape index (κ2) is 5.84. The Balaban J connectivity index is 1.86. The maximum atomic E-state index is 12.1. The first-order chi connectivity index (χ1) is 11.3. The Morgan fingerprint density at radius 1 is 1.12 bits per heavy atom. The molecule has 2 aromatic heterocycles. The summed E-state index contributed by atoms with van der Waals surface area (Å²) in [5, 5.41) is 1.80. The lowest BCUT2D eigenvalue weighted by atomic mass is 10.0. The second-order valence-electron chi connectivity index (χ2n) is 5.04. The number of halogens is 3. The summed E-state index contributed by atoms with van der Waals surface area (Å²) in [5.41, 5.74) is 1.98. The fourth-order valence-electron chi connectivity index (χ4n) is 2.26. The van der Waals surface area contributed by atoms with Crippen LogP contribution in [0, 0.1) is 0 Å². The number of nitrogens with zero attached hydrogens (tertiary/aromatic N) is 1. The number of rotatable bonds is 3. The van der Waals surface area contributed by atoms with E-state index in [0.29, 0.717) is 22.3 Å². The van der Waals surface area contributed by atoms with Crippen LogP contribution in [-0.4, -0.2) is 33.6 Å². The molecular formula is C15H11F3N4O2. The molecule has 0 aliphatic rings. The van der Waals surface area contributed by atoms with Gasteiger partial charge in [-0.1, -0.05) is 12.1 Å². The van der Waals surface area contributed by atoms with Gasteiger partial charge >= 0.3 is 11.9 Å². The average Bonchev–Trinajstić information content (AvgIpc) is 2.92. The van der Waals surface area contributed by atoms with E-state index < -0.39 is 24.3 Å². The minimum absolute atomic E-state index is 0.107. The molecule has 0 aliphatic heterocycles. The molecule has 6 nitrogen and oxygen atoms in total. The zero-order chi connectivity index (χ0) is 17.3. The fraction of sp³-hybridized carbons (Fsp3) is 0.133. The lowest BCUT2D eigenvalue weighted by Crippen LogP contribution is -2.33. The average molecular weight is 336 g/mol. The Kier molecular flexibility index (Phi) is 3.84. The van der Waals surface area contributed by atoms with Crippen LogP contribution in [0.5, 0.6) is 0 Å². The van der Waals surface area contributed by atoms with Crippen LogP contribution in [0.25, 0.3) is 22.3 Å². The quantitative estimate of drug-likeness (QED) is 0.685.